The number of aliphatic hydroxyl groups excluding tert-OH is 9. The fourth-order valence-corrected chi connectivity index (χ4v) is 13.8. The number of ether oxygens (including phenoxy) is 5. The number of hydrogen-bond acceptors (Lipinski definition) is 15. The van der Waals surface area contributed by atoms with Crippen molar-refractivity contribution in [3.05, 3.63) is 23.8 Å². The molecule has 0 aromatic rings. The fourth-order valence-electron chi connectivity index (χ4n) is 13.8. The molecule has 0 radical (unpaired) electrons. The van der Waals surface area contributed by atoms with Gasteiger partial charge in [-0.25, -0.2) is 4.79 Å². The van der Waals surface area contributed by atoms with Crippen molar-refractivity contribution in [2.75, 3.05) is 13.2 Å². The Bertz CT molecular complexity index is 1600. The van der Waals surface area contributed by atoms with Gasteiger partial charge in [-0.15, -0.1) is 0 Å². The highest BCUT2D eigenvalue weighted by molar-refractivity contribution is 5.81. The van der Waals surface area contributed by atoms with Gasteiger partial charge in [0, 0.05) is 6.08 Å². The third-order valence-electron chi connectivity index (χ3n) is 17.1. The summed E-state index contributed by atoms with van der Waals surface area (Å²) >= 11 is 0. The molecular weight excluding hydrogens is 792 g/mol. The van der Waals surface area contributed by atoms with Crippen LogP contribution < -0.4 is 0 Å². The van der Waals surface area contributed by atoms with Crippen LogP contribution in [0.5, 0.6) is 0 Å². The summed E-state index contributed by atoms with van der Waals surface area (Å²) in [5.74, 6) is -1.54. The Morgan fingerprint density at radius 1 is 0.820 bits per heavy atom. The van der Waals surface area contributed by atoms with Crippen LogP contribution in [0.25, 0.3) is 0 Å². The molecule has 2 aliphatic heterocycles. The van der Waals surface area contributed by atoms with Gasteiger partial charge in [-0.3, -0.25) is 0 Å². The molecule has 350 valence electrons. The van der Waals surface area contributed by atoms with E-state index < -0.39 is 120 Å². The van der Waals surface area contributed by atoms with Gasteiger partial charge in [0.1, 0.15) is 55.4 Å². The second-order valence-electron chi connectivity index (χ2n) is 21.2. The number of allylic oxidation sites excluding steroid dienone is 3. The van der Waals surface area contributed by atoms with Crippen molar-refractivity contribution in [3.8, 4) is 0 Å². The van der Waals surface area contributed by atoms with Gasteiger partial charge >= 0.3 is 5.97 Å². The first-order chi connectivity index (χ1) is 28.4. The second-order valence-corrected chi connectivity index (χ2v) is 21.2. The normalized spacial score (nSPS) is 49.3. The molecule has 6 fully saturated rings. The lowest BCUT2D eigenvalue weighted by Gasteiger charge is -2.72. The van der Waals surface area contributed by atoms with Crippen LogP contribution in [0.3, 0.4) is 0 Å². The Hall–Kier alpha value is -1.57. The quantitative estimate of drug-likeness (QED) is 0.0591. The van der Waals surface area contributed by atoms with Gasteiger partial charge in [-0.1, -0.05) is 52.3 Å². The van der Waals surface area contributed by atoms with Crippen molar-refractivity contribution >= 4 is 5.97 Å². The van der Waals surface area contributed by atoms with Crippen LogP contribution in [-0.2, 0) is 28.5 Å². The van der Waals surface area contributed by atoms with E-state index in [-0.39, 0.29) is 30.3 Å². The minimum Gasteiger partial charge on any atom is -0.460 e. The molecule has 21 atom stereocenters. The predicted molar refractivity (Wildman–Crippen MR) is 221 cm³/mol. The van der Waals surface area contributed by atoms with Crippen LogP contribution in [0.2, 0.25) is 0 Å². The highest BCUT2D eigenvalue weighted by atomic mass is 16.7. The molecule has 6 rings (SSSR count). The summed E-state index contributed by atoms with van der Waals surface area (Å²) in [7, 11) is 0. The van der Waals surface area contributed by atoms with Crippen LogP contribution in [-0.4, -0.2) is 150 Å². The molecule has 0 aromatic carbocycles. The maximum absolute atomic E-state index is 12.7. The maximum Gasteiger partial charge on any atom is 0.330 e. The molecule has 9 N–H and O–H groups in total. The molecule has 0 amide bonds. The molecule has 0 spiro atoms. The first kappa shape index (κ1) is 48.9. The standard InChI is InChI=1S/C46H76O15/c1-10-12-31(50)57-22-28-34(52)36(54)38(56)41(60-28)61-46(9,16-11-13-23(2)3)24-14-18-44(7)32(24)25(48)19-29-43(6)17-15-30(49)42(4,5)39(43)26(20-45(29,44)8)58-40-37(55)35(53)33(51)27(21-47)59-40/h10,12-13,24-30,32-41,47-49,51-56H,11,14-22H2,1-9H3/b12-10+/t24-,25+,26-,27+,28+,29+,30-,32-,33+,34+,35-,36-,37+,38+,39-,40+,41-,43+,44+,45+,46-/m0/s1. The van der Waals surface area contributed by atoms with E-state index in [1.807, 2.05) is 34.6 Å². The Kier molecular flexibility index (Phi) is 14.4. The molecule has 4 saturated carbocycles. The van der Waals surface area contributed by atoms with Gasteiger partial charge in [-0.2, -0.15) is 0 Å². The molecule has 0 bridgehead atoms. The zero-order valence-electron chi connectivity index (χ0n) is 37.6. The molecular formula is C46H76O15. The van der Waals surface area contributed by atoms with Crippen molar-refractivity contribution < 1.29 is 74.4 Å². The Morgan fingerprint density at radius 3 is 2.07 bits per heavy atom. The fraction of sp³-hybridized carbons (Fsp3) is 0.891. The number of carbonyl (C=O) groups excluding carboxylic acids is 1. The van der Waals surface area contributed by atoms with Crippen LogP contribution >= 0.6 is 0 Å². The van der Waals surface area contributed by atoms with Gasteiger partial charge in [0.05, 0.1) is 30.5 Å². The topological polar surface area (TPSA) is 245 Å². The Morgan fingerprint density at radius 2 is 1.44 bits per heavy atom. The SMILES string of the molecule is C/C=C/C(=O)OC[C@H]1O[C@@H](O[C@@](C)(CCC=C(C)C)[C@H]2CC[C@]3(C)[C@@H]2[C@H](O)C[C@@H]2[C@@]4(C)CC[C@H](O)C(C)(C)[C@@H]4[C@@H](O[C@@H]4O[C@H](CO)[C@@H](O)[C@H](O)[C@H]4O)C[C@]23C)[C@H](O)[C@@H](O)[C@@H]1O. The van der Waals surface area contributed by atoms with Crippen LogP contribution in [0, 0.1) is 45.3 Å². The minimum atomic E-state index is -1.66. The summed E-state index contributed by atoms with van der Waals surface area (Å²) < 4.78 is 31.1. The first-order valence-electron chi connectivity index (χ1n) is 22.5. The van der Waals surface area contributed by atoms with Crippen molar-refractivity contribution in [1.29, 1.82) is 0 Å². The monoisotopic (exact) mass is 869 g/mol. The zero-order chi connectivity index (χ0) is 45.2. The highest BCUT2D eigenvalue weighted by Gasteiger charge is 2.74. The number of aliphatic hydroxyl groups is 9. The third kappa shape index (κ3) is 8.45. The molecule has 6 aliphatic rings. The summed E-state index contributed by atoms with van der Waals surface area (Å²) in [4.78, 5) is 12.2. The second kappa shape index (κ2) is 18.0. The van der Waals surface area contributed by atoms with E-state index in [1.165, 1.54) is 12.2 Å². The van der Waals surface area contributed by atoms with Crippen molar-refractivity contribution in [1.82, 2.24) is 0 Å². The number of esters is 1. The summed E-state index contributed by atoms with van der Waals surface area (Å²) in [6, 6.07) is 0. The first-order valence-corrected chi connectivity index (χ1v) is 22.5. The van der Waals surface area contributed by atoms with E-state index >= 15 is 0 Å². The predicted octanol–water partition coefficient (Wildman–Crippen LogP) is 2.25. The Balaban J connectivity index is 1.36. The van der Waals surface area contributed by atoms with Gasteiger partial charge in [-0.05, 0) is 124 Å². The lowest BCUT2D eigenvalue weighted by molar-refractivity contribution is -0.349. The molecule has 2 heterocycles. The summed E-state index contributed by atoms with van der Waals surface area (Å²) in [5.41, 5.74) is -2.09. The summed E-state index contributed by atoms with van der Waals surface area (Å²) in [5, 5.41) is 100. The van der Waals surface area contributed by atoms with Gasteiger partial charge < -0.3 is 69.6 Å². The molecule has 2 saturated heterocycles. The lowest BCUT2D eigenvalue weighted by Crippen LogP contribution is -2.71. The maximum atomic E-state index is 12.7. The largest absolute Gasteiger partial charge is 0.460 e. The summed E-state index contributed by atoms with van der Waals surface area (Å²) in [6.45, 7) is 17.5. The van der Waals surface area contributed by atoms with Crippen molar-refractivity contribution in [2.45, 2.75) is 199 Å². The third-order valence-corrected chi connectivity index (χ3v) is 17.1. The average Bonchev–Trinajstić information content (AvgIpc) is 3.58. The molecule has 61 heavy (non-hydrogen) atoms. The van der Waals surface area contributed by atoms with Crippen molar-refractivity contribution in [2.24, 2.45) is 45.3 Å². The van der Waals surface area contributed by atoms with E-state index in [1.54, 1.807) is 6.92 Å². The lowest BCUT2D eigenvalue weighted by atomic mass is 9.34. The molecule has 4 aliphatic carbocycles. The van der Waals surface area contributed by atoms with Crippen molar-refractivity contribution in [3.63, 3.8) is 0 Å². The van der Waals surface area contributed by atoms with Gasteiger partial charge in [0.25, 0.3) is 0 Å². The van der Waals surface area contributed by atoms with Gasteiger partial charge in [0.15, 0.2) is 12.6 Å². The minimum absolute atomic E-state index is 0.0227. The summed E-state index contributed by atoms with van der Waals surface area (Å²) in [6.07, 6.45) is -7.34. The molecule has 0 aromatic heterocycles. The number of carbonyl (C=O) groups is 1. The molecule has 15 heteroatoms. The molecule has 0 unspecified atom stereocenters. The molecule has 15 nitrogen and oxygen atoms in total. The van der Waals surface area contributed by atoms with E-state index in [0.717, 1.165) is 5.57 Å². The number of fused-ring (bicyclic) bond motifs is 5. The number of hydrogen-bond donors (Lipinski definition) is 9. The van der Waals surface area contributed by atoms with E-state index in [2.05, 4.69) is 26.8 Å². The highest BCUT2D eigenvalue weighted by Crippen LogP contribution is 2.76. The Labute approximate surface area is 361 Å². The van der Waals surface area contributed by atoms with Crippen LogP contribution in [0.4, 0.5) is 0 Å². The zero-order valence-corrected chi connectivity index (χ0v) is 37.6. The van der Waals surface area contributed by atoms with E-state index in [0.29, 0.717) is 51.4 Å². The number of rotatable bonds is 12. The van der Waals surface area contributed by atoms with Gasteiger partial charge in [0.2, 0.25) is 0 Å². The van der Waals surface area contributed by atoms with E-state index in [9.17, 15) is 50.8 Å². The van der Waals surface area contributed by atoms with Crippen LogP contribution in [0.15, 0.2) is 23.8 Å². The van der Waals surface area contributed by atoms with E-state index in [4.69, 9.17) is 23.7 Å². The smallest absolute Gasteiger partial charge is 0.330 e. The van der Waals surface area contributed by atoms with Crippen LogP contribution in [0.1, 0.15) is 114 Å². The average molecular weight is 869 g/mol.